The smallest absolute Gasteiger partial charge is 0.319 e. The molecule has 0 aliphatic rings. The molecule has 8 heteroatoms. The van der Waals surface area contributed by atoms with Crippen LogP contribution in [0.15, 0.2) is 71.6 Å². The topological polar surface area (TPSA) is 87.3 Å². The average molecular weight is 444 g/mol. The number of aryl methyl sites for hydroxylation is 2. The predicted molar refractivity (Wildman–Crippen MR) is 120 cm³/mol. The number of amides is 2. The summed E-state index contributed by atoms with van der Waals surface area (Å²) in [7, 11) is -3.84. The maximum atomic E-state index is 12.8. The summed E-state index contributed by atoms with van der Waals surface area (Å²) < 4.78 is 28.1. The molecule has 3 rings (SSSR count). The van der Waals surface area contributed by atoms with Gasteiger partial charge in [-0.2, -0.15) is 0 Å². The molecular weight excluding hydrogens is 422 g/mol. The van der Waals surface area contributed by atoms with Gasteiger partial charge in [-0.1, -0.05) is 47.5 Å². The van der Waals surface area contributed by atoms with E-state index in [9.17, 15) is 13.2 Å². The third-order valence-electron chi connectivity index (χ3n) is 4.41. The summed E-state index contributed by atoms with van der Waals surface area (Å²) in [6.07, 6.45) is 0. The maximum absolute atomic E-state index is 12.8. The molecule has 0 aliphatic carbocycles. The first-order valence-corrected chi connectivity index (χ1v) is 11.1. The molecule has 6 nitrogen and oxygen atoms in total. The Morgan fingerprint density at radius 2 is 1.53 bits per heavy atom. The van der Waals surface area contributed by atoms with Crippen LogP contribution in [0, 0.1) is 13.8 Å². The van der Waals surface area contributed by atoms with Gasteiger partial charge >= 0.3 is 6.03 Å². The van der Waals surface area contributed by atoms with E-state index in [4.69, 9.17) is 11.6 Å². The number of hydrogen-bond acceptors (Lipinski definition) is 3. The predicted octanol–water partition coefficient (Wildman–Crippen LogP) is 5.08. The zero-order chi connectivity index (χ0) is 21.7. The van der Waals surface area contributed by atoms with Crippen molar-refractivity contribution >= 4 is 39.0 Å². The molecule has 0 spiro atoms. The van der Waals surface area contributed by atoms with Gasteiger partial charge in [-0.05, 0) is 61.4 Å². The van der Waals surface area contributed by atoms with Crippen molar-refractivity contribution in [2.75, 3.05) is 10.0 Å². The van der Waals surface area contributed by atoms with E-state index in [2.05, 4.69) is 15.4 Å². The second kappa shape index (κ2) is 9.19. The number of halogens is 1. The standard InChI is InChI=1S/C22H22ClN3O3S/c1-15-3-6-17(7-4-15)14-24-22(27)25-20-10-5-16(2)21(13-20)30(28,29)26-19-11-8-18(23)9-12-19/h3-13,26H,14H2,1-2H3,(H2,24,25,27). The molecule has 3 aromatic carbocycles. The fraction of sp³-hybridized carbons (Fsp3) is 0.136. The number of hydrogen-bond donors (Lipinski definition) is 3. The van der Waals surface area contributed by atoms with Crippen LogP contribution < -0.4 is 15.4 Å². The molecule has 0 saturated carbocycles. The molecule has 156 valence electrons. The number of carbonyl (C=O) groups is 1. The van der Waals surface area contributed by atoms with Crippen LogP contribution in [0.4, 0.5) is 16.2 Å². The van der Waals surface area contributed by atoms with Gasteiger partial charge in [-0.3, -0.25) is 4.72 Å². The largest absolute Gasteiger partial charge is 0.334 e. The second-order valence-electron chi connectivity index (χ2n) is 6.89. The van der Waals surface area contributed by atoms with E-state index >= 15 is 0 Å². The van der Waals surface area contributed by atoms with Crippen LogP contribution in [-0.4, -0.2) is 14.4 Å². The van der Waals surface area contributed by atoms with Crippen LogP contribution in [0.1, 0.15) is 16.7 Å². The highest BCUT2D eigenvalue weighted by atomic mass is 35.5. The van der Waals surface area contributed by atoms with Gasteiger partial charge in [0.15, 0.2) is 0 Å². The molecule has 0 fully saturated rings. The first-order chi connectivity index (χ1) is 14.2. The van der Waals surface area contributed by atoms with Gasteiger partial charge in [0.2, 0.25) is 0 Å². The van der Waals surface area contributed by atoms with Crippen LogP contribution in [0.3, 0.4) is 0 Å². The molecule has 0 atom stereocenters. The Balaban J connectivity index is 1.70. The molecule has 0 unspecified atom stereocenters. The highest BCUT2D eigenvalue weighted by Gasteiger charge is 2.18. The van der Waals surface area contributed by atoms with Crippen LogP contribution >= 0.6 is 11.6 Å². The average Bonchev–Trinajstić information content (AvgIpc) is 2.70. The van der Waals surface area contributed by atoms with Crippen molar-refractivity contribution in [1.29, 1.82) is 0 Å². The molecule has 3 aromatic rings. The third-order valence-corrected chi connectivity index (χ3v) is 6.18. The van der Waals surface area contributed by atoms with E-state index in [1.54, 1.807) is 43.3 Å². The lowest BCUT2D eigenvalue weighted by Crippen LogP contribution is -2.28. The lowest BCUT2D eigenvalue weighted by atomic mass is 10.1. The number of rotatable bonds is 6. The van der Waals surface area contributed by atoms with Crippen molar-refractivity contribution in [2.24, 2.45) is 0 Å². The van der Waals surface area contributed by atoms with E-state index in [0.29, 0.717) is 28.5 Å². The van der Waals surface area contributed by atoms with Gasteiger partial charge in [-0.15, -0.1) is 0 Å². The normalized spacial score (nSPS) is 11.0. The summed E-state index contributed by atoms with van der Waals surface area (Å²) >= 11 is 5.84. The van der Waals surface area contributed by atoms with Crippen molar-refractivity contribution in [2.45, 2.75) is 25.3 Å². The van der Waals surface area contributed by atoms with Gasteiger partial charge in [0, 0.05) is 22.9 Å². The van der Waals surface area contributed by atoms with Crippen molar-refractivity contribution in [3.05, 3.63) is 88.4 Å². The summed E-state index contributed by atoms with van der Waals surface area (Å²) in [5, 5.41) is 5.94. The first-order valence-electron chi connectivity index (χ1n) is 9.22. The Hall–Kier alpha value is -3.03. The number of benzene rings is 3. The van der Waals surface area contributed by atoms with Gasteiger partial charge in [0.1, 0.15) is 0 Å². The molecule has 0 aliphatic heterocycles. The molecule has 0 heterocycles. The number of sulfonamides is 1. The van der Waals surface area contributed by atoms with Crippen molar-refractivity contribution in [1.82, 2.24) is 5.32 Å². The highest BCUT2D eigenvalue weighted by Crippen LogP contribution is 2.23. The van der Waals surface area contributed by atoms with E-state index in [1.165, 1.54) is 6.07 Å². The van der Waals surface area contributed by atoms with Crippen molar-refractivity contribution in [3.63, 3.8) is 0 Å². The quantitative estimate of drug-likeness (QED) is 0.496. The Kier molecular flexibility index (Phi) is 6.64. The minimum absolute atomic E-state index is 0.0776. The minimum atomic E-state index is -3.84. The molecule has 0 bridgehead atoms. The fourth-order valence-electron chi connectivity index (χ4n) is 2.76. The van der Waals surface area contributed by atoms with Crippen LogP contribution in [0.2, 0.25) is 5.02 Å². The summed E-state index contributed by atoms with van der Waals surface area (Å²) in [4.78, 5) is 12.3. The molecule has 30 heavy (non-hydrogen) atoms. The van der Waals surface area contributed by atoms with E-state index in [-0.39, 0.29) is 4.90 Å². The molecule has 0 saturated heterocycles. The number of urea groups is 1. The number of anilines is 2. The van der Waals surface area contributed by atoms with Crippen LogP contribution in [0.5, 0.6) is 0 Å². The van der Waals surface area contributed by atoms with Crippen LogP contribution in [0.25, 0.3) is 0 Å². The Morgan fingerprint density at radius 3 is 2.20 bits per heavy atom. The van der Waals surface area contributed by atoms with E-state index in [1.807, 2.05) is 31.2 Å². The molecule has 0 aromatic heterocycles. The summed E-state index contributed by atoms with van der Waals surface area (Å²) in [6.45, 7) is 4.05. The SMILES string of the molecule is Cc1ccc(CNC(=O)Nc2ccc(C)c(S(=O)(=O)Nc3ccc(Cl)cc3)c2)cc1. The van der Waals surface area contributed by atoms with E-state index in [0.717, 1.165) is 11.1 Å². The Bertz CT molecular complexity index is 1150. The zero-order valence-electron chi connectivity index (χ0n) is 16.6. The summed E-state index contributed by atoms with van der Waals surface area (Å²) in [5.41, 5.74) is 3.44. The number of carbonyl (C=O) groups excluding carboxylic acids is 1. The lowest BCUT2D eigenvalue weighted by molar-refractivity contribution is 0.251. The van der Waals surface area contributed by atoms with Crippen molar-refractivity contribution in [3.8, 4) is 0 Å². The molecule has 2 amide bonds. The fourth-order valence-corrected chi connectivity index (χ4v) is 4.22. The Labute approximate surface area is 181 Å². The van der Waals surface area contributed by atoms with E-state index < -0.39 is 16.1 Å². The first kappa shape index (κ1) is 21.7. The van der Waals surface area contributed by atoms with Gasteiger partial charge < -0.3 is 10.6 Å². The zero-order valence-corrected chi connectivity index (χ0v) is 18.1. The maximum Gasteiger partial charge on any atom is 0.319 e. The summed E-state index contributed by atoms with van der Waals surface area (Å²) in [6, 6.07) is 18.5. The second-order valence-corrected chi connectivity index (χ2v) is 8.97. The molecule has 0 radical (unpaired) electrons. The monoisotopic (exact) mass is 443 g/mol. The third kappa shape index (κ3) is 5.75. The molecular formula is C22H22ClN3O3S. The lowest BCUT2D eigenvalue weighted by Gasteiger charge is -2.13. The highest BCUT2D eigenvalue weighted by molar-refractivity contribution is 7.92. The van der Waals surface area contributed by atoms with Crippen LogP contribution in [-0.2, 0) is 16.6 Å². The Morgan fingerprint density at radius 1 is 0.900 bits per heavy atom. The summed E-state index contributed by atoms with van der Waals surface area (Å²) in [5.74, 6) is 0. The number of nitrogens with one attached hydrogen (secondary N) is 3. The minimum Gasteiger partial charge on any atom is -0.334 e. The van der Waals surface area contributed by atoms with Gasteiger partial charge in [0.25, 0.3) is 10.0 Å². The van der Waals surface area contributed by atoms with Gasteiger partial charge in [-0.25, -0.2) is 13.2 Å². The van der Waals surface area contributed by atoms with Crippen molar-refractivity contribution < 1.29 is 13.2 Å². The molecule has 3 N–H and O–H groups in total. The van der Waals surface area contributed by atoms with Gasteiger partial charge in [0.05, 0.1) is 4.90 Å².